The van der Waals surface area contributed by atoms with Crippen LogP contribution < -0.4 is 0 Å². The summed E-state index contributed by atoms with van der Waals surface area (Å²) in [5.41, 5.74) is 0. The SMILES string of the molecule is OCC[N+]1(CCO)CCCCC1. The summed E-state index contributed by atoms with van der Waals surface area (Å²) >= 11 is 0. The number of rotatable bonds is 4. The number of aliphatic hydroxyl groups is 2. The zero-order valence-corrected chi connectivity index (χ0v) is 7.71. The Bertz CT molecular complexity index is 106. The largest absolute Gasteiger partial charge is 0.391 e. The highest BCUT2D eigenvalue weighted by molar-refractivity contribution is 4.53. The number of hydrogen-bond acceptors (Lipinski definition) is 2. The molecule has 1 heterocycles. The molecule has 1 rings (SSSR count). The lowest BCUT2D eigenvalue weighted by molar-refractivity contribution is -0.932. The van der Waals surface area contributed by atoms with Gasteiger partial charge in [0.05, 0.1) is 26.3 Å². The van der Waals surface area contributed by atoms with Crippen LogP contribution in [0.2, 0.25) is 0 Å². The maximum absolute atomic E-state index is 8.91. The summed E-state index contributed by atoms with van der Waals surface area (Å²) in [6.07, 6.45) is 3.82. The highest BCUT2D eigenvalue weighted by atomic mass is 16.3. The molecule has 1 aliphatic rings. The van der Waals surface area contributed by atoms with E-state index in [0.717, 1.165) is 30.7 Å². The molecular weight excluding hydrogens is 154 g/mol. The third-order valence-electron chi connectivity index (χ3n) is 2.91. The lowest BCUT2D eigenvalue weighted by Crippen LogP contribution is -2.54. The van der Waals surface area contributed by atoms with Gasteiger partial charge in [0.2, 0.25) is 0 Å². The smallest absolute Gasteiger partial charge is 0.102 e. The molecule has 0 saturated carbocycles. The van der Waals surface area contributed by atoms with Crippen molar-refractivity contribution in [2.45, 2.75) is 19.3 Å². The molecule has 0 radical (unpaired) electrons. The summed E-state index contributed by atoms with van der Waals surface area (Å²) in [6.45, 7) is 4.42. The summed E-state index contributed by atoms with van der Waals surface area (Å²) in [5, 5.41) is 17.8. The third-order valence-corrected chi connectivity index (χ3v) is 2.91. The Morgan fingerprint density at radius 1 is 0.833 bits per heavy atom. The van der Waals surface area contributed by atoms with Gasteiger partial charge in [0, 0.05) is 0 Å². The fourth-order valence-electron chi connectivity index (χ4n) is 2.17. The fraction of sp³-hybridized carbons (Fsp3) is 1.00. The van der Waals surface area contributed by atoms with Gasteiger partial charge >= 0.3 is 0 Å². The van der Waals surface area contributed by atoms with Crippen LogP contribution in [0.5, 0.6) is 0 Å². The third kappa shape index (κ3) is 2.44. The van der Waals surface area contributed by atoms with Crippen molar-refractivity contribution < 1.29 is 14.7 Å². The number of aliphatic hydroxyl groups excluding tert-OH is 2. The number of quaternary nitrogens is 1. The first-order valence-corrected chi connectivity index (χ1v) is 4.90. The van der Waals surface area contributed by atoms with Crippen LogP contribution in [-0.2, 0) is 0 Å². The standard InChI is InChI=1S/C9H20NO2/c11-8-6-10(7-9-12)4-2-1-3-5-10/h11-12H,1-9H2/q+1. The van der Waals surface area contributed by atoms with Crippen LogP contribution >= 0.6 is 0 Å². The van der Waals surface area contributed by atoms with Crippen molar-refractivity contribution in [2.24, 2.45) is 0 Å². The van der Waals surface area contributed by atoms with Crippen LogP contribution in [0.4, 0.5) is 0 Å². The van der Waals surface area contributed by atoms with E-state index in [2.05, 4.69) is 0 Å². The van der Waals surface area contributed by atoms with Gasteiger partial charge in [-0.25, -0.2) is 0 Å². The second-order valence-corrected chi connectivity index (χ2v) is 3.74. The van der Waals surface area contributed by atoms with E-state index in [9.17, 15) is 0 Å². The number of likely N-dealkylation sites (tertiary alicyclic amines) is 1. The first-order valence-electron chi connectivity index (χ1n) is 4.90. The second-order valence-electron chi connectivity index (χ2n) is 3.74. The second kappa shape index (κ2) is 4.80. The molecule has 0 aromatic rings. The summed E-state index contributed by atoms with van der Waals surface area (Å²) in [5.74, 6) is 0. The number of piperidine rings is 1. The maximum atomic E-state index is 8.91. The molecule has 0 bridgehead atoms. The summed E-state index contributed by atoms with van der Waals surface area (Å²) in [6, 6.07) is 0. The van der Waals surface area contributed by atoms with Crippen molar-refractivity contribution in [3.05, 3.63) is 0 Å². The van der Waals surface area contributed by atoms with Gasteiger partial charge in [0.15, 0.2) is 0 Å². The molecule has 72 valence electrons. The zero-order valence-electron chi connectivity index (χ0n) is 7.71. The summed E-state index contributed by atoms with van der Waals surface area (Å²) in [4.78, 5) is 0. The van der Waals surface area contributed by atoms with Gasteiger partial charge in [-0.05, 0) is 19.3 Å². The average Bonchev–Trinajstić information content (AvgIpc) is 2.07. The molecule has 0 aliphatic carbocycles. The first-order chi connectivity index (χ1) is 5.83. The Kier molecular flexibility index (Phi) is 3.98. The fourth-order valence-corrected chi connectivity index (χ4v) is 2.17. The molecule has 0 atom stereocenters. The van der Waals surface area contributed by atoms with Crippen molar-refractivity contribution in [3.63, 3.8) is 0 Å². The highest BCUT2D eigenvalue weighted by Crippen LogP contribution is 2.17. The quantitative estimate of drug-likeness (QED) is 0.588. The predicted octanol–water partition coefficient (Wildman–Crippen LogP) is -0.0283. The minimum atomic E-state index is 0.250. The van der Waals surface area contributed by atoms with Gasteiger partial charge < -0.3 is 14.7 Å². The Morgan fingerprint density at radius 3 is 1.75 bits per heavy atom. The summed E-state index contributed by atoms with van der Waals surface area (Å²) < 4.78 is 0.938. The van der Waals surface area contributed by atoms with Gasteiger partial charge in [-0.1, -0.05) is 0 Å². The summed E-state index contributed by atoms with van der Waals surface area (Å²) in [7, 11) is 0. The van der Waals surface area contributed by atoms with E-state index in [0.29, 0.717) is 0 Å². The molecular formula is C9H20NO2+. The molecule has 1 aliphatic heterocycles. The molecule has 0 amide bonds. The van der Waals surface area contributed by atoms with Crippen LogP contribution in [0.3, 0.4) is 0 Å². The Morgan fingerprint density at radius 2 is 1.33 bits per heavy atom. The van der Waals surface area contributed by atoms with E-state index >= 15 is 0 Å². The Balaban J connectivity index is 2.44. The Labute approximate surface area is 74.2 Å². The minimum Gasteiger partial charge on any atom is -0.391 e. The van der Waals surface area contributed by atoms with Crippen molar-refractivity contribution >= 4 is 0 Å². The van der Waals surface area contributed by atoms with Gasteiger partial charge in [-0.2, -0.15) is 0 Å². The van der Waals surface area contributed by atoms with Crippen LogP contribution in [0, 0.1) is 0 Å². The van der Waals surface area contributed by atoms with Gasteiger partial charge in [0.25, 0.3) is 0 Å². The molecule has 0 spiro atoms. The van der Waals surface area contributed by atoms with Crippen LogP contribution in [0.25, 0.3) is 0 Å². The van der Waals surface area contributed by atoms with Gasteiger partial charge in [-0.15, -0.1) is 0 Å². The molecule has 0 unspecified atom stereocenters. The molecule has 3 nitrogen and oxygen atoms in total. The number of nitrogens with zero attached hydrogens (tertiary/aromatic N) is 1. The molecule has 12 heavy (non-hydrogen) atoms. The van der Waals surface area contributed by atoms with Crippen LogP contribution in [-0.4, -0.2) is 54.1 Å². The van der Waals surface area contributed by atoms with E-state index in [1.54, 1.807) is 0 Å². The number of hydrogen-bond donors (Lipinski definition) is 2. The maximum Gasteiger partial charge on any atom is 0.102 e. The Hall–Kier alpha value is -0.120. The molecule has 1 fully saturated rings. The first kappa shape index (κ1) is 9.96. The van der Waals surface area contributed by atoms with E-state index < -0.39 is 0 Å². The van der Waals surface area contributed by atoms with Crippen LogP contribution in [0.15, 0.2) is 0 Å². The lowest BCUT2D eigenvalue weighted by atomic mass is 10.1. The van der Waals surface area contributed by atoms with Gasteiger partial charge in [-0.3, -0.25) is 0 Å². The molecule has 3 heteroatoms. The minimum absolute atomic E-state index is 0.250. The normalized spacial score (nSPS) is 22.5. The van der Waals surface area contributed by atoms with Gasteiger partial charge in [0.1, 0.15) is 13.1 Å². The molecule has 0 aromatic heterocycles. The average molecular weight is 174 g/mol. The monoisotopic (exact) mass is 174 g/mol. The van der Waals surface area contributed by atoms with E-state index in [4.69, 9.17) is 10.2 Å². The highest BCUT2D eigenvalue weighted by Gasteiger charge is 2.28. The van der Waals surface area contributed by atoms with E-state index in [-0.39, 0.29) is 13.2 Å². The molecule has 1 saturated heterocycles. The predicted molar refractivity (Wildman–Crippen MR) is 47.8 cm³/mol. The van der Waals surface area contributed by atoms with Crippen molar-refractivity contribution in [3.8, 4) is 0 Å². The van der Waals surface area contributed by atoms with Crippen LogP contribution in [0.1, 0.15) is 19.3 Å². The zero-order chi connectivity index (χ0) is 8.86. The topological polar surface area (TPSA) is 40.5 Å². The van der Waals surface area contributed by atoms with Crippen molar-refractivity contribution in [2.75, 3.05) is 39.4 Å². The molecule has 2 N–H and O–H groups in total. The van der Waals surface area contributed by atoms with E-state index in [1.165, 1.54) is 19.3 Å². The molecule has 0 aromatic carbocycles. The van der Waals surface area contributed by atoms with Crippen molar-refractivity contribution in [1.82, 2.24) is 0 Å². The lowest BCUT2D eigenvalue weighted by Gasteiger charge is -2.40. The van der Waals surface area contributed by atoms with E-state index in [1.807, 2.05) is 0 Å². The van der Waals surface area contributed by atoms with Crippen molar-refractivity contribution in [1.29, 1.82) is 0 Å².